The quantitative estimate of drug-likeness (QED) is 0.210. The molecule has 52 heavy (non-hydrogen) atoms. The summed E-state index contributed by atoms with van der Waals surface area (Å²) in [5, 5.41) is 19.8. The normalized spacial score (nSPS) is 18.2. The van der Waals surface area contributed by atoms with Gasteiger partial charge in [-0.3, -0.25) is 19.2 Å². The van der Waals surface area contributed by atoms with Crippen molar-refractivity contribution in [1.29, 1.82) is 0 Å². The predicted molar refractivity (Wildman–Crippen MR) is 183 cm³/mol. The Morgan fingerprint density at radius 3 is 2.10 bits per heavy atom. The number of phenolic OH excluding ortho intramolecular Hbond substituents is 1. The number of nitrogens with zero attached hydrogens (tertiary/aromatic N) is 2. The van der Waals surface area contributed by atoms with Crippen molar-refractivity contribution in [2.75, 3.05) is 13.1 Å². The van der Waals surface area contributed by atoms with Gasteiger partial charge in [-0.05, 0) is 66.5 Å². The third-order valence-corrected chi connectivity index (χ3v) is 9.02. The van der Waals surface area contributed by atoms with Crippen LogP contribution in [-0.4, -0.2) is 87.0 Å². The van der Waals surface area contributed by atoms with Gasteiger partial charge in [0.25, 0.3) is 0 Å². The van der Waals surface area contributed by atoms with Gasteiger partial charge in [0.05, 0.1) is 12.0 Å². The number of likely N-dealkylation sites (tertiary alicyclic amines) is 1. The minimum absolute atomic E-state index is 0.0231. The number of hydrogen-bond donors (Lipinski definition) is 5. The molecule has 0 bridgehead atoms. The van der Waals surface area contributed by atoms with Crippen molar-refractivity contribution in [2.24, 2.45) is 17.4 Å². The molecule has 12 nitrogen and oxygen atoms in total. The van der Waals surface area contributed by atoms with Crippen LogP contribution in [0.5, 0.6) is 5.75 Å². The first kappa shape index (κ1) is 39.3. The first-order chi connectivity index (χ1) is 24.6. The van der Waals surface area contributed by atoms with Gasteiger partial charge < -0.3 is 36.8 Å². The molecule has 0 unspecified atom stereocenters. The first-order valence-corrected chi connectivity index (χ1v) is 16.7. The van der Waals surface area contributed by atoms with Crippen LogP contribution in [0.15, 0.2) is 78.9 Å². The number of nitrogens with two attached hydrogens (primary N) is 2. The van der Waals surface area contributed by atoms with E-state index >= 15 is 0 Å². The van der Waals surface area contributed by atoms with E-state index < -0.39 is 42.1 Å². The maximum atomic E-state index is 13.8. The molecule has 0 radical (unpaired) electrons. The smallest absolute Gasteiger partial charge is 0.490 e. The molecule has 1 fully saturated rings. The molecule has 4 atom stereocenters. The SMILES string of the molecule is NC(=O)[C@@H]1Cc2ccccc2CN(C(=O)C[C@H](Cc2ccccc2)NC(=O)[C@@H]2CCCN2C(=O)[C@@H](N)Cc2ccc(O)cc2)C1.O=C(O)C(F)(F)F. The molecule has 15 heteroatoms. The van der Waals surface area contributed by atoms with Crippen LogP contribution < -0.4 is 16.8 Å². The molecule has 3 aromatic rings. The Morgan fingerprint density at radius 2 is 1.48 bits per heavy atom. The topological polar surface area (TPSA) is 196 Å². The van der Waals surface area contributed by atoms with Crippen LogP contribution in [0.25, 0.3) is 0 Å². The summed E-state index contributed by atoms with van der Waals surface area (Å²) in [4.78, 5) is 65.3. The van der Waals surface area contributed by atoms with Gasteiger partial charge in [0.2, 0.25) is 23.6 Å². The van der Waals surface area contributed by atoms with Crippen LogP contribution in [0.4, 0.5) is 13.2 Å². The minimum atomic E-state index is -5.08. The Labute approximate surface area is 298 Å². The van der Waals surface area contributed by atoms with E-state index in [-0.39, 0.29) is 42.9 Å². The molecule has 278 valence electrons. The van der Waals surface area contributed by atoms with Gasteiger partial charge in [0.15, 0.2) is 0 Å². The molecule has 2 aliphatic rings. The number of carboxylic acid groups (broad SMARTS) is 1. The summed E-state index contributed by atoms with van der Waals surface area (Å²) < 4.78 is 31.7. The number of benzene rings is 3. The zero-order valence-corrected chi connectivity index (χ0v) is 28.3. The van der Waals surface area contributed by atoms with E-state index in [1.165, 1.54) is 0 Å². The number of amides is 4. The number of carbonyl (C=O) groups excluding carboxylic acids is 4. The molecule has 0 saturated carbocycles. The van der Waals surface area contributed by atoms with Crippen molar-refractivity contribution in [2.45, 2.75) is 69.4 Å². The van der Waals surface area contributed by atoms with E-state index in [1.807, 2.05) is 54.6 Å². The number of aliphatic carboxylic acids is 1. The molecule has 2 aliphatic heterocycles. The molecule has 0 aromatic heterocycles. The second-order valence-electron chi connectivity index (χ2n) is 12.9. The molecule has 3 aromatic carbocycles. The predicted octanol–water partition coefficient (Wildman–Crippen LogP) is 2.69. The summed E-state index contributed by atoms with van der Waals surface area (Å²) in [6.07, 6.45) is -2.73. The fraction of sp³-hybridized carbons (Fsp3) is 0.378. The van der Waals surface area contributed by atoms with E-state index in [9.17, 15) is 37.5 Å². The highest BCUT2D eigenvalue weighted by atomic mass is 19.4. The molecule has 7 N–H and O–H groups in total. The zero-order valence-electron chi connectivity index (χ0n) is 28.3. The van der Waals surface area contributed by atoms with Gasteiger partial charge in [0, 0.05) is 32.1 Å². The lowest BCUT2D eigenvalue weighted by atomic mass is 9.97. The van der Waals surface area contributed by atoms with Crippen LogP contribution in [0.3, 0.4) is 0 Å². The second kappa shape index (κ2) is 17.7. The number of carboxylic acids is 1. The van der Waals surface area contributed by atoms with Crippen LogP contribution in [0.1, 0.15) is 41.5 Å². The summed E-state index contributed by atoms with van der Waals surface area (Å²) in [6.45, 7) is 0.984. The maximum Gasteiger partial charge on any atom is 0.490 e. The highest BCUT2D eigenvalue weighted by molar-refractivity contribution is 5.91. The summed E-state index contributed by atoms with van der Waals surface area (Å²) in [7, 11) is 0. The van der Waals surface area contributed by atoms with Crippen molar-refractivity contribution >= 4 is 29.6 Å². The number of halogens is 3. The second-order valence-corrected chi connectivity index (χ2v) is 12.9. The Morgan fingerprint density at radius 1 is 0.885 bits per heavy atom. The van der Waals surface area contributed by atoms with Gasteiger partial charge >= 0.3 is 12.1 Å². The summed E-state index contributed by atoms with van der Waals surface area (Å²) >= 11 is 0. The van der Waals surface area contributed by atoms with Gasteiger partial charge in [-0.25, -0.2) is 4.79 Å². The third kappa shape index (κ3) is 11.0. The van der Waals surface area contributed by atoms with Crippen LogP contribution in [-0.2, 0) is 49.8 Å². The maximum absolute atomic E-state index is 13.8. The fourth-order valence-corrected chi connectivity index (χ4v) is 6.36. The third-order valence-electron chi connectivity index (χ3n) is 9.02. The van der Waals surface area contributed by atoms with Crippen molar-refractivity contribution in [1.82, 2.24) is 15.1 Å². The average molecular weight is 726 g/mol. The van der Waals surface area contributed by atoms with Gasteiger partial charge in [-0.1, -0.05) is 66.7 Å². The number of aromatic hydroxyl groups is 1. The molecule has 4 amide bonds. The lowest BCUT2D eigenvalue weighted by Gasteiger charge is -2.30. The largest absolute Gasteiger partial charge is 0.508 e. The number of primary amides is 1. The number of carbonyl (C=O) groups is 5. The lowest BCUT2D eigenvalue weighted by molar-refractivity contribution is -0.192. The van der Waals surface area contributed by atoms with Gasteiger partial charge in [-0.2, -0.15) is 13.2 Å². The number of fused-ring (bicyclic) bond motifs is 1. The highest BCUT2D eigenvalue weighted by Crippen LogP contribution is 2.24. The molecule has 2 heterocycles. The summed E-state index contributed by atoms with van der Waals surface area (Å²) in [6, 6.07) is 21.8. The number of nitrogens with one attached hydrogen (secondary N) is 1. The zero-order chi connectivity index (χ0) is 38.0. The monoisotopic (exact) mass is 725 g/mol. The lowest BCUT2D eigenvalue weighted by Crippen LogP contribution is -2.54. The van der Waals surface area contributed by atoms with Crippen molar-refractivity contribution < 1.29 is 47.4 Å². The number of phenols is 1. The molecule has 5 rings (SSSR count). The van der Waals surface area contributed by atoms with Gasteiger partial charge in [-0.15, -0.1) is 0 Å². The molecule has 1 saturated heterocycles. The highest BCUT2D eigenvalue weighted by Gasteiger charge is 2.39. The minimum Gasteiger partial charge on any atom is -0.508 e. The Hall–Kier alpha value is -5.44. The molecule has 0 aliphatic carbocycles. The van der Waals surface area contributed by atoms with Crippen molar-refractivity contribution in [3.63, 3.8) is 0 Å². The van der Waals surface area contributed by atoms with E-state index in [0.717, 1.165) is 22.3 Å². The van der Waals surface area contributed by atoms with E-state index in [4.69, 9.17) is 21.4 Å². The molecule has 0 spiro atoms. The average Bonchev–Trinajstić information content (AvgIpc) is 3.50. The molecular formula is C37H42F3N5O7. The fourth-order valence-electron chi connectivity index (χ4n) is 6.36. The Balaban J connectivity index is 0.000000785. The van der Waals surface area contributed by atoms with Crippen molar-refractivity contribution in [3.8, 4) is 5.75 Å². The summed E-state index contributed by atoms with van der Waals surface area (Å²) in [5.74, 6) is -4.40. The summed E-state index contributed by atoms with van der Waals surface area (Å²) in [5.41, 5.74) is 15.8. The van der Waals surface area contributed by atoms with Crippen LogP contribution in [0, 0.1) is 5.92 Å². The number of rotatable bonds is 10. The molecular weight excluding hydrogens is 683 g/mol. The Kier molecular flexibility index (Phi) is 13.4. The Bertz CT molecular complexity index is 1720. The van der Waals surface area contributed by atoms with E-state index in [2.05, 4.69) is 5.32 Å². The van der Waals surface area contributed by atoms with E-state index in [1.54, 1.807) is 34.1 Å². The van der Waals surface area contributed by atoms with Crippen LogP contribution in [0.2, 0.25) is 0 Å². The number of alkyl halides is 3. The number of hydrogen-bond acceptors (Lipinski definition) is 7. The van der Waals surface area contributed by atoms with Crippen LogP contribution >= 0.6 is 0 Å². The van der Waals surface area contributed by atoms with Gasteiger partial charge in [0.1, 0.15) is 11.8 Å². The standard InChI is InChI=1S/C35H41N5O5.C2HF3O2/c36-30(18-24-12-14-29(41)15-13-24)35(45)40-16-6-11-31(40)34(44)38-28(17-23-7-2-1-3-8-23)20-32(42)39-21-26-10-5-4-9-25(26)19-27(22-39)33(37)43;3-2(4,5)1(6)7/h1-5,7-10,12-15,27-28,30-31,41H,6,11,16-22,36H2,(H2,37,43)(H,38,44);(H,6,7)/t27-,28+,30+,31+;/m1./s1. The first-order valence-electron chi connectivity index (χ1n) is 16.7. The van der Waals surface area contributed by atoms with Crippen molar-refractivity contribution in [3.05, 3.63) is 101 Å². The van der Waals surface area contributed by atoms with E-state index in [0.29, 0.717) is 38.8 Å².